The molecule has 0 heterocycles. The number of ether oxygens (including phenoxy) is 1. The average Bonchev–Trinajstić information content (AvgIpc) is 2.86. The number of amides is 1. The predicted molar refractivity (Wildman–Crippen MR) is 146 cm³/mol. The van der Waals surface area contributed by atoms with Gasteiger partial charge in [-0.05, 0) is 55.1 Å². The van der Waals surface area contributed by atoms with E-state index in [4.69, 9.17) is 27.9 Å². The number of hydrogen-bond acceptors (Lipinski definition) is 7. The molecule has 3 N–H and O–H groups in total. The smallest absolute Gasteiger partial charge is 0.296 e. The number of fused-ring (bicyclic) bond motifs is 1. The number of nitrogens with zero attached hydrogens (tertiary/aromatic N) is 2. The molecule has 0 radical (unpaired) electrons. The van der Waals surface area contributed by atoms with Crippen LogP contribution in [-0.4, -0.2) is 30.6 Å². The maximum Gasteiger partial charge on any atom is 0.296 e. The summed E-state index contributed by atoms with van der Waals surface area (Å²) < 4.78 is 38.6. The van der Waals surface area contributed by atoms with Crippen LogP contribution in [0.25, 0.3) is 10.8 Å². The zero-order valence-electron chi connectivity index (χ0n) is 20.1. The Bertz CT molecular complexity index is 1710. The number of nitrogens with one attached hydrogen (secondary N) is 1. The molecule has 0 atom stereocenters. The molecule has 4 aromatic rings. The van der Waals surface area contributed by atoms with Gasteiger partial charge in [0, 0.05) is 5.39 Å². The van der Waals surface area contributed by atoms with E-state index < -0.39 is 26.7 Å². The zero-order chi connectivity index (χ0) is 27.6. The van der Waals surface area contributed by atoms with Crippen LogP contribution in [0.15, 0.2) is 75.8 Å². The van der Waals surface area contributed by atoms with Crippen LogP contribution >= 0.6 is 23.2 Å². The van der Waals surface area contributed by atoms with Gasteiger partial charge >= 0.3 is 0 Å². The summed E-state index contributed by atoms with van der Waals surface area (Å²) in [7, 11) is -4.63. The van der Waals surface area contributed by atoms with E-state index in [1.807, 2.05) is 0 Å². The third-order valence-electron chi connectivity index (χ3n) is 5.60. The number of carbonyl (C=O) groups excluding carboxylic acids is 1. The van der Waals surface area contributed by atoms with Crippen LogP contribution in [0.2, 0.25) is 10.0 Å². The summed E-state index contributed by atoms with van der Waals surface area (Å²) in [6, 6.07) is 16.0. The van der Waals surface area contributed by atoms with Crippen molar-refractivity contribution in [2.75, 3.05) is 11.9 Å². The van der Waals surface area contributed by atoms with Crippen molar-refractivity contribution in [2.45, 2.75) is 18.7 Å². The van der Waals surface area contributed by atoms with Crippen LogP contribution in [-0.2, 0) is 10.1 Å². The molecule has 4 aromatic carbocycles. The van der Waals surface area contributed by atoms with Crippen LogP contribution in [0.4, 0.5) is 17.1 Å². The minimum atomic E-state index is -4.63. The number of phenols is 1. The molecule has 1 amide bonds. The van der Waals surface area contributed by atoms with Gasteiger partial charge < -0.3 is 15.2 Å². The molecule has 4 rings (SSSR count). The number of rotatable bonds is 7. The van der Waals surface area contributed by atoms with Gasteiger partial charge in [-0.3, -0.25) is 9.35 Å². The molecular weight excluding hydrogens is 553 g/mol. The molecule has 38 heavy (non-hydrogen) atoms. The lowest BCUT2D eigenvalue weighted by atomic mass is 10.0. The minimum Gasteiger partial charge on any atom is -0.505 e. The van der Waals surface area contributed by atoms with Crippen LogP contribution in [0.1, 0.15) is 22.8 Å². The molecule has 0 saturated carbocycles. The van der Waals surface area contributed by atoms with Gasteiger partial charge in [-0.15, -0.1) is 5.11 Å². The maximum atomic E-state index is 13.2. The predicted octanol–water partition coefficient (Wildman–Crippen LogP) is 7.47. The monoisotopic (exact) mass is 573 g/mol. The number of anilines is 1. The Morgan fingerprint density at radius 2 is 1.79 bits per heavy atom. The Hall–Kier alpha value is -3.70. The average molecular weight is 574 g/mol. The summed E-state index contributed by atoms with van der Waals surface area (Å²) in [5.41, 5.74) is 0.310. The molecule has 196 valence electrons. The summed E-state index contributed by atoms with van der Waals surface area (Å²) in [5, 5.41) is 23.1. The highest BCUT2D eigenvalue weighted by atomic mass is 35.5. The fourth-order valence-corrected chi connectivity index (χ4v) is 5.36. The van der Waals surface area contributed by atoms with E-state index in [1.165, 1.54) is 25.1 Å². The van der Waals surface area contributed by atoms with Gasteiger partial charge in [0.25, 0.3) is 16.0 Å². The maximum absolute atomic E-state index is 13.2. The summed E-state index contributed by atoms with van der Waals surface area (Å²) in [6.07, 6.45) is 0. The summed E-state index contributed by atoms with van der Waals surface area (Å²) in [6.45, 7) is 3.60. The molecule has 0 bridgehead atoms. The van der Waals surface area contributed by atoms with Crippen LogP contribution in [0, 0.1) is 6.92 Å². The fraction of sp³-hybridized carbons (Fsp3) is 0.115. The van der Waals surface area contributed by atoms with Crippen molar-refractivity contribution >= 4 is 67.1 Å². The molecule has 9 nitrogen and oxygen atoms in total. The topological polar surface area (TPSA) is 138 Å². The lowest BCUT2D eigenvalue weighted by Crippen LogP contribution is -2.13. The van der Waals surface area contributed by atoms with Crippen molar-refractivity contribution < 1.29 is 27.6 Å². The first-order valence-corrected chi connectivity index (χ1v) is 13.4. The van der Waals surface area contributed by atoms with Crippen molar-refractivity contribution in [2.24, 2.45) is 10.2 Å². The lowest BCUT2D eigenvalue weighted by molar-refractivity contribution is 0.102. The molecular formula is C26H21Cl2N3O6S. The molecule has 12 heteroatoms. The molecule has 0 unspecified atom stereocenters. The van der Waals surface area contributed by atoms with Crippen LogP contribution in [0.3, 0.4) is 0 Å². The molecule has 0 aliphatic carbocycles. The second-order valence-corrected chi connectivity index (χ2v) is 10.2. The van der Waals surface area contributed by atoms with Crippen molar-refractivity contribution in [3.63, 3.8) is 0 Å². The van der Waals surface area contributed by atoms with Gasteiger partial charge in [-0.1, -0.05) is 53.5 Å². The van der Waals surface area contributed by atoms with Gasteiger partial charge in [-0.2, -0.15) is 13.5 Å². The Balaban J connectivity index is 1.80. The molecule has 0 fully saturated rings. The van der Waals surface area contributed by atoms with Crippen molar-refractivity contribution in [3.05, 3.63) is 81.8 Å². The Morgan fingerprint density at radius 3 is 2.50 bits per heavy atom. The second-order valence-electron chi connectivity index (χ2n) is 8.04. The number of halogens is 2. The van der Waals surface area contributed by atoms with Gasteiger partial charge in [0.1, 0.15) is 21.4 Å². The number of carbonyl (C=O) groups is 1. The first kappa shape index (κ1) is 27.3. The van der Waals surface area contributed by atoms with E-state index in [0.29, 0.717) is 23.1 Å². The van der Waals surface area contributed by atoms with E-state index in [9.17, 15) is 22.9 Å². The van der Waals surface area contributed by atoms with Crippen LogP contribution < -0.4 is 10.1 Å². The highest BCUT2D eigenvalue weighted by Gasteiger charge is 2.22. The van der Waals surface area contributed by atoms with E-state index in [0.717, 1.165) is 0 Å². The number of azo groups is 1. The first-order valence-electron chi connectivity index (χ1n) is 11.2. The second kappa shape index (κ2) is 11.0. The lowest BCUT2D eigenvalue weighted by Gasteiger charge is -2.13. The van der Waals surface area contributed by atoms with Crippen LogP contribution in [0.5, 0.6) is 11.5 Å². The van der Waals surface area contributed by atoms with Crippen molar-refractivity contribution in [1.29, 1.82) is 0 Å². The number of benzene rings is 4. The number of hydrogen-bond donors (Lipinski definition) is 3. The molecule has 0 aliphatic heterocycles. The highest BCUT2D eigenvalue weighted by molar-refractivity contribution is 7.86. The Morgan fingerprint density at radius 1 is 1.05 bits per heavy atom. The zero-order valence-corrected chi connectivity index (χ0v) is 22.4. The number of phenolic OH excluding ortho intramolecular Hbond substituents is 1. The molecule has 0 aliphatic rings. The van der Waals surface area contributed by atoms with Gasteiger partial charge in [0.15, 0.2) is 5.75 Å². The van der Waals surface area contributed by atoms with E-state index in [-0.39, 0.29) is 38.2 Å². The minimum absolute atomic E-state index is 0.0230. The standard InChI is InChI=1S/C26H21Cl2N3O6S/c1-3-37-21-10-6-9-20(22(21)28)29-26(33)17-13-15-7-4-5-8-16(15)23(24(17)32)31-30-19-12-11-18(27)25(14(19)2)38(34,35)36/h4-13,32H,3H2,1-2H3,(H,29,33)(H,34,35,36). The van der Waals surface area contributed by atoms with Gasteiger partial charge in [0.2, 0.25) is 0 Å². The highest BCUT2D eigenvalue weighted by Crippen LogP contribution is 2.41. The van der Waals surface area contributed by atoms with E-state index in [2.05, 4.69) is 15.5 Å². The summed E-state index contributed by atoms with van der Waals surface area (Å²) >= 11 is 12.3. The molecule has 0 spiro atoms. The van der Waals surface area contributed by atoms with Crippen molar-refractivity contribution in [3.8, 4) is 11.5 Å². The quantitative estimate of drug-likeness (QED) is 0.155. The first-order chi connectivity index (χ1) is 18.0. The van der Waals surface area contributed by atoms with E-state index in [1.54, 1.807) is 49.4 Å². The summed E-state index contributed by atoms with van der Waals surface area (Å²) in [5.74, 6) is -0.716. The Kier molecular flexibility index (Phi) is 7.89. The Labute approximate surface area is 228 Å². The van der Waals surface area contributed by atoms with Gasteiger partial charge in [0.05, 0.1) is 28.6 Å². The third kappa shape index (κ3) is 5.44. The van der Waals surface area contributed by atoms with Crippen molar-refractivity contribution in [1.82, 2.24) is 0 Å². The normalized spacial score (nSPS) is 11.7. The molecule has 0 aromatic heterocycles. The van der Waals surface area contributed by atoms with Gasteiger partial charge in [-0.25, -0.2) is 0 Å². The summed E-state index contributed by atoms with van der Waals surface area (Å²) in [4.78, 5) is 12.7. The molecule has 0 saturated heterocycles. The largest absolute Gasteiger partial charge is 0.505 e. The fourth-order valence-electron chi connectivity index (χ4n) is 3.83. The van der Waals surface area contributed by atoms with E-state index >= 15 is 0 Å². The third-order valence-corrected chi connectivity index (χ3v) is 7.45. The number of aromatic hydroxyl groups is 1. The SMILES string of the molecule is CCOc1cccc(NC(=O)c2cc3ccccc3c(N=Nc3ccc(Cl)c(S(=O)(=O)O)c3C)c2O)c1Cl.